The SMILES string of the molecule is O=C1NC(=S)N(c2ccc(Oc3ccccc3)cc2)C(=O)C1=Cc1ccc(COc2ccc([N+](=O)[O-])cc2)o1. The van der Waals surface area contributed by atoms with Crippen LogP contribution in [-0.2, 0) is 16.2 Å². The van der Waals surface area contributed by atoms with Crippen LogP contribution in [0.25, 0.3) is 6.08 Å². The van der Waals surface area contributed by atoms with E-state index in [1.165, 1.54) is 35.2 Å². The van der Waals surface area contributed by atoms with Gasteiger partial charge < -0.3 is 13.9 Å². The number of nitrogens with one attached hydrogen (secondary N) is 1. The second-order valence-corrected chi connectivity index (χ2v) is 8.60. The molecule has 1 fully saturated rings. The zero-order valence-corrected chi connectivity index (χ0v) is 20.9. The topological polar surface area (TPSA) is 124 Å². The van der Waals surface area contributed by atoms with Gasteiger partial charge in [0, 0.05) is 12.1 Å². The number of para-hydroxylation sites is 1. The molecule has 1 aliphatic rings. The van der Waals surface area contributed by atoms with E-state index in [-0.39, 0.29) is 28.7 Å². The van der Waals surface area contributed by atoms with Crippen LogP contribution < -0.4 is 19.7 Å². The number of non-ortho nitro benzene ring substituents is 1. The average Bonchev–Trinajstić information content (AvgIpc) is 3.39. The number of hydrogen-bond acceptors (Lipinski definition) is 8. The van der Waals surface area contributed by atoms with E-state index >= 15 is 0 Å². The van der Waals surface area contributed by atoms with Gasteiger partial charge >= 0.3 is 0 Å². The van der Waals surface area contributed by atoms with Crippen molar-refractivity contribution in [3.8, 4) is 17.2 Å². The molecule has 194 valence electrons. The first-order valence-corrected chi connectivity index (χ1v) is 12.0. The van der Waals surface area contributed by atoms with Crippen LogP contribution in [0.1, 0.15) is 11.5 Å². The lowest BCUT2D eigenvalue weighted by Gasteiger charge is -2.28. The Morgan fingerprint density at radius 3 is 2.26 bits per heavy atom. The maximum atomic E-state index is 13.3. The molecule has 39 heavy (non-hydrogen) atoms. The molecule has 11 heteroatoms. The first kappa shape index (κ1) is 25.4. The average molecular weight is 542 g/mol. The van der Waals surface area contributed by atoms with Crippen molar-refractivity contribution in [2.45, 2.75) is 6.61 Å². The first-order valence-electron chi connectivity index (χ1n) is 11.6. The summed E-state index contributed by atoms with van der Waals surface area (Å²) in [5, 5.41) is 13.3. The van der Waals surface area contributed by atoms with Gasteiger partial charge in [-0.25, -0.2) is 0 Å². The molecule has 0 aliphatic carbocycles. The largest absolute Gasteiger partial charge is 0.486 e. The third-order valence-corrected chi connectivity index (χ3v) is 5.86. The highest BCUT2D eigenvalue weighted by Crippen LogP contribution is 2.27. The van der Waals surface area contributed by atoms with Crippen molar-refractivity contribution in [3.63, 3.8) is 0 Å². The number of benzene rings is 3. The second-order valence-electron chi connectivity index (χ2n) is 8.21. The third kappa shape index (κ3) is 5.84. The third-order valence-electron chi connectivity index (χ3n) is 5.57. The van der Waals surface area contributed by atoms with Crippen molar-refractivity contribution in [1.29, 1.82) is 0 Å². The highest BCUT2D eigenvalue weighted by atomic mass is 32.1. The molecule has 5 rings (SSSR count). The summed E-state index contributed by atoms with van der Waals surface area (Å²) < 4.78 is 17.1. The molecule has 0 spiro atoms. The number of amides is 2. The van der Waals surface area contributed by atoms with E-state index in [2.05, 4.69) is 5.32 Å². The summed E-state index contributed by atoms with van der Waals surface area (Å²) in [7, 11) is 0. The van der Waals surface area contributed by atoms with Gasteiger partial charge in [-0.15, -0.1) is 0 Å². The summed E-state index contributed by atoms with van der Waals surface area (Å²) in [5.41, 5.74) is 0.244. The number of furan rings is 1. The summed E-state index contributed by atoms with van der Waals surface area (Å²) in [6, 6.07) is 24.8. The van der Waals surface area contributed by atoms with Crippen molar-refractivity contribution in [1.82, 2.24) is 5.32 Å². The molecule has 4 aromatic rings. The number of ether oxygens (including phenoxy) is 2. The van der Waals surface area contributed by atoms with E-state index in [9.17, 15) is 19.7 Å². The molecule has 1 saturated heterocycles. The summed E-state index contributed by atoms with van der Waals surface area (Å²) >= 11 is 5.26. The molecule has 0 bridgehead atoms. The number of anilines is 1. The number of nitro groups is 1. The van der Waals surface area contributed by atoms with E-state index in [4.69, 9.17) is 26.1 Å². The standard InChI is InChI=1S/C28H19N3O7S/c32-26-25(16-23-14-15-24(38-23)17-36-20-10-8-19(9-11-20)31(34)35)27(33)30(28(39)29-26)18-6-12-22(13-7-18)37-21-4-2-1-3-5-21/h1-16H,17H2,(H,29,32,39). The van der Waals surface area contributed by atoms with E-state index in [0.29, 0.717) is 28.7 Å². The summed E-state index contributed by atoms with van der Waals surface area (Å²) in [6.07, 6.45) is 1.33. The Morgan fingerprint density at radius 2 is 1.56 bits per heavy atom. The van der Waals surface area contributed by atoms with Crippen LogP contribution in [0.2, 0.25) is 0 Å². The van der Waals surface area contributed by atoms with Crippen molar-refractivity contribution < 1.29 is 28.4 Å². The highest BCUT2D eigenvalue weighted by Gasteiger charge is 2.34. The lowest BCUT2D eigenvalue weighted by molar-refractivity contribution is -0.384. The quantitative estimate of drug-likeness (QED) is 0.104. The van der Waals surface area contributed by atoms with Crippen LogP contribution in [0.4, 0.5) is 11.4 Å². The summed E-state index contributed by atoms with van der Waals surface area (Å²) in [6.45, 7) is 0.0364. The Morgan fingerprint density at radius 1 is 0.897 bits per heavy atom. The van der Waals surface area contributed by atoms with Crippen LogP contribution in [0.3, 0.4) is 0 Å². The maximum absolute atomic E-state index is 13.3. The van der Waals surface area contributed by atoms with Gasteiger partial charge in [-0.3, -0.25) is 29.9 Å². The monoisotopic (exact) mass is 541 g/mol. The van der Waals surface area contributed by atoms with Gasteiger partial charge in [0.1, 0.15) is 40.9 Å². The molecular formula is C28H19N3O7S. The van der Waals surface area contributed by atoms with Gasteiger partial charge in [0.2, 0.25) is 0 Å². The summed E-state index contributed by atoms with van der Waals surface area (Å²) in [5.74, 6) is 1.08. The van der Waals surface area contributed by atoms with E-state index in [1.54, 1.807) is 36.4 Å². The number of carbonyl (C=O) groups excluding carboxylic acids is 2. The number of carbonyl (C=O) groups is 2. The van der Waals surface area contributed by atoms with Gasteiger partial charge in [-0.2, -0.15) is 0 Å². The molecule has 3 aromatic carbocycles. The smallest absolute Gasteiger partial charge is 0.270 e. The van der Waals surface area contributed by atoms with Crippen LogP contribution in [0.15, 0.2) is 101 Å². The summed E-state index contributed by atoms with van der Waals surface area (Å²) in [4.78, 5) is 37.4. The molecular weight excluding hydrogens is 522 g/mol. The molecule has 0 unspecified atom stereocenters. The number of rotatable bonds is 8. The Balaban J connectivity index is 1.28. The minimum atomic E-state index is -0.648. The fourth-order valence-electron chi connectivity index (χ4n) is 3.69. The highest BCUT2D eigenvalue weighted by molar-refractivity contribution is 7.80. The molecule has 0 radical (unpaired) electrons. The minimum absolute atomic E-state index is 0.0364. The number of hydrogen-bond donors (Lipinski definition) is 1. The van der Waals surface area contributed by atoms with Crippen molar-refractivity contribution in [2.75, 3.05) is 4.90 Å². The van der Waals surface area contributed by atoms with Crippen LogP contribution in [0, 0.1) is 10.1 Å². The van der Waals surface area contributed by atoms with Gasteiger partial charge in [0.15, 0.2) is 5.11 Å². The number of thiocarbonyl (C=S) groups is 1. The van der Waals surface area contributed by atoms with Crippen LogP contribution in [0.5, 0.6) is 17.2 Å². The van der Waals surface area contributed by atoms with E-state index < -0.39 is 16.7 Å². The second kappa shape index (κ2) is 11.0. The molecule has 2 amide bonds. The Labute approximate surface area is 227 Å². The zero-order valence-electron chi connectivity index (χ0n) is 20.1. The Kier molecular flexibility index (Phi) is 7.15. The van der Waals surface area contributed by atoms with Crippen molar-refractivity contribution >= 4 is 46.6 Å². The van der Waals surface area contributed by atoms with Gasteiger partial charge in [-0.05, 0) is 79.0 Å². The number of nitro benzene ring substituents is 1. The fraction of sp³-hybridized carbons (Fsp3) is 0.0357. The molecule has 10 nitrogen and oxygen atoms in total. The van der Waals surface area contributed by atoms with Crippen LogP contribution >= 0.6 is 12.2 Å². The Hall–Kier alpha value is -5.29. The predicted molar refractivity (Wildman–Crippen MR) is 145 cm³/mol. The molecule has 0 atom stereocenters. The predicted octanol–water partition coefficient (Wildman–Crippen LogP) is 5.39. The van der Waals surface area contributed by atoms with Crippen molar-refractivity contribution in [2.24, 2.45) is 0 Å². The van der Waals surface area contributed by atoms with Crippen LogP contribution in [-0.4, -0.2) is 21.9 Å². The molecule has 1 aromatic heterocycles. The van der Waals surface area contributed by atoms with E-state index in [1.807, 2.05) is 30.3 Å². The molecule has 1 N–H and O–H groups in total. The molecule has 1 aliphatic heterocycles. The molecule has 0 saturated carbocycles. The normalized spacial score (nSPS) is 14.3. The van der Waals surface area contributed by atoms with Gasteiger partial charge in [0.05, 0.1) is 10.6 Å². The minimum Gasteiger partial charge on any atom is -0.486 e. The van der Waals surface area contributed by atoms with Crippen molar-refractivity contribution in [3.05, 3.63) is 118 Å². The lowest BCUT2D eigenvalue weighted by atomic mass is 10.1. The van der Waals surface area contributed by atoms with Gasteiger partial charge in [0.25, 0.3) is 17.5 Å². The van der Waals surface area contributed by atoms with E-state index in [0.717, 1.165) is 0 Å². The molecule has 2 heterocycles. The van der Waals surface area contributed by atoms with Gasteiger partial charge in [-0.1, -0.05) is 18.2 Å². The first-order chi connectivity index (χ1) is 18.9. The number of nitrogens with zero attached hydrogens (tertiary/aromatic N) is 2. The zero-order chi connectivity index (χ0) is 27.4. The lowest BCUT2D eigenvalue weighted by Crippen LogP contribution is -2.54. The fourth-order valence-corrected chi connectivity index (χ4v) is 3.97. The Bertz CT molecular complexity index is 1580. The maximum Gasteiger partial charge on any atom is 0.270 e.